The molecular weight excluding hydrogens is 280 g/mol. The second-order valence-electron chi connectivity index (χ2n) is 7.04. The Morgan fingerprint density at radius 3 is 2.32 bits per heavy atom. The molecule has 1 unspecified atom stereocenters. The van der Waals surface area contributed by atoms with Crippen LogP contribution in [0.4, 0.5) is 4.79 Å². The van der Waals surface area contributed by atoms with E-state index in [0.29, 0.717) is 13.1 Å². The zero-order valence-electron chi connectivity index (χ0n) is 14.6. The van der Waals surface area contributed by atoms with Crippen LogP contribution in [0.1, 0.15) is 72.6 Å². The molecule has 0 bridgehead atoms. The molecule has 0 aromatic heterocycles. The minimum atomic E-state index is -0.522. The molecule has 1 saturated heterocycles. The van der Waals surface area contributed by atoms with Gasteiger partial charge in [0.1, 0.15) is 11.6 Å². The molecule has 1 fully saturated rings. The largest absolute Gasteiger partial charge is 0.444 e. The lowest BCUT2D eigenvalue weighted by Gasteiger charge is -2.40. The molecule has 1 aliphatic rings. The highest BCUT2D eigenvalue weighted by molar-refractivity contribution is 5.87. The summed E-state index contributed by atoms with van der Waals surface area (Å²) < 4.78 is 5.31. The Hall–Kier alpha value is -1.26. The van der Waals surface area contributed by atoms with Crippen LogP contribution < -0.4 is 5.32 Å². The van der Waals surface area contributed by atoms with E-state index in [2.05, 4.69) is 12.2 Å². The van der Waals surface area contributed by atoms with Gasteiger partial charge in [0.05, 0.1) is 0 Å². The Morgan fingerprint density at radius 2 is 1.77 bits per heavy atom. The molecule has 2 amide bonds. The lowest BCUT2D eigenvalue weighted by atomic mass is 10.0. The van der Waals surface area contributed by atoms with E-state index in [-0.39, 0.29) is 11.9 Å². The number of hydrogen-bond donors (Lipinski definition) is 1. The summed E-state index contributed by atoms with van der Waals surface area (Å²) in [5.41, 5.74) is -0.522. The first-order chi connectivity index (χ1) is 10.3. The van der Waals surface area contributed by atoms with Gasteiger partial charge in [-0.25, -0.2) is 4.79 Å². The Balaban J connectivity index is 2.19. The molecule has 1 aliphatic heterocycles. The first-order valence-corrected chi connectivity index (χ1v) is 8.62. The molecule has 1 rings (SSSR count). The number of nitrogens with zero attached hydrogens (tertiary/aromatic N) is 1. The number of amides is 2. The number of carbonyl (C=O) groups is 2. The van der Waals surface area contributed by atoms with Gasteiger partial charge in [0, 0.05) is 13.1 Å². The summed E-state index contributed by atoms with van der Waals surface area (Å²) in [6.45, 7) is 9.00. The molecule has 1 N–H and O–H groups in total. The highest BCUT2D eigenvalue weighted by atomic mass is 16.6. The number of carbonyl (C=O) groups excluding carboxylic acids is 2. The number of unbranched alkanes of at least 4 members (excludes halogenated alkanes) is 5. The molecule has 0 spiro atoms. The predicted octanol–water partition coefficient (Wildman–Crippen LogP) is 3.47. The maximum absolute atomic E-state index is 12.1. The van der Waals surface area contributed by atoms with E-state index < -0.39 is 11.7 Å². The smallest absolute Gasteiger partial charge is 0.410 e. The van der Waals surface area contributed by atoms with Crippen LogP contribution >= 0.6 is 0 Å². The Kier molecular flexibility index (Phi) is 7.69. The van der Waals surface area contributed by atoms with Crippen molar-refractivity contribution in [2.75, 3.05) is 13.1 Å². The van der Waals surface area contributed by atoms with Gasteiger partial charge in [-0.1, -0.05) is 39.0 Å². The van der Waals surface area contributed by atoms with Crippen molar-refractivity contribution in [3.05, 3.63) is 0 Å². The van der Waals surface area contributed by atoms with Crippen LogP contribution in [0.15, 0.2) is 0 Å². The fourth-order valence-corrected chi connectivity index (χ4v) is 2.43. The molecular formula is C17H32N2O3. The number of hydrogen-bond acceptors (Lipinski definition) is 3. The van der Waals surface area contributed by atoms with Crippen LogP contribution in [-0.4, -0.2) is 41.6 Å². The van der Waals surface area contributed by atoms with Gasteiger partial charge in [0.15, 0.2) is 0 Å². The summed E-state index contributed by atoms with van der Waals surface area (Å²) in [6.07, 6.45) is 7.55. The van der Waals surface area contributed by atoms with E-state index in [1.807, 2.05) is 20.8 Å². The van der Waals surface area contributed by atoms with Crippen molar-refractivity contribution in [3.63, 3.8) is 0 Å². The molecule has 5 heteroatoms. The molecule has 0 saturated carbocycles. The van der Waals surface area contributed by atoms with Gasteiger partial charge in [0.25, 0.3) is 0 Å². The normalized spacial score (nSPS) is 17.8. The summed E-state index contributed by atoms with van der Waals surface area (Å²) in [4.78, 5) is 25.6. The van der Waals surface area contributed by atoms with Gasteiger partial charge >= 0.3 is 6.09 Å². The number of nitrogens with one attached hydrogen (secondary N) is 1. The predicted molar refractivity (Wildman–Crippen MR) is 87.7 cm³/mol. The molecule has 1 atom stereocenters. The van der Waals surface area contributed by atoms with Gasteiger partial charge < -0.3 is 10.1 Å². The summed E-state index contributed by atoms with van der Waals surface area (Å²) >= 11 is 0. The topological polar surface area (TPSA) is 58.6 Å². The van der Waals surface area contributed by atoms with Crippen LogP contribution in [0.25, 0.3) is 0 Å². The lowest BCUT2D eigenvalue weighted by Crippen LogP contribution is -2.59. The van der Waals surface area contributed by atoms with Crippen LogP contribution in [0.2, 0.25) is 0 Å². The third kappa shape index (κ3) is 6.67. The van der Waals surface area contributed by atoms with Gasteiger partial charge in [-0.05, 0) is 33.6 Å². The molecule has 0 aromatic rings. The van der Waals surface area contributed by atoms with Gasteiger partial charge in [-0.3, -0.25) is 9.69 Å². The highest BCUT2D eigenvalue weighted by Gasteiger charge is 2.39. The van der Waals surface area contributed by atoms with Crippen molar-refractivity contribution in [2.24, 2.45) is 0 Å². The standard InChI is InChI=1S/C17H32N2O3/c1-5-6-7-8-9-10-12-18-15(20)14-11-13-19(14)16(21)22-17(2,3)4/h14H,5-13H2,1-4H3,(H,18,20). The molecule has 0 radical (unpaired) electrons. The Bertz CT molecular complexity index is 363. The van der Waals surface area contributed by atoms with E-state index in [1.165, 1.54) is 30.6 Å². The highest BCUT2D eigenvalue weighted by Crippen LogP contribution is 2.21. The van der Waals surface area contributed by atoms with E-state index in [4.69, 9.17) is 4.74 Å². The third-order valence-corrected chi connectivity index (χ3v) is 3.78. The summed E-state index contributed by atoms with van der Waals surface area (Å²) in [6, 6.07) is -0.352. The SMILES string of the molecule is CCCCCCCCNC(=O)C1CCN1C(=O)OC(C)(C)C. The van der Waals surface area contributed by atoms with Gasteiger partial charge in [-0.15, -0.1) is 0 Å². The maximum atomic E-state index is 12.1. The maximum Gasteiger partial charge on any atom is 0.410 e. The zero-order valence-corrected chi connectivity index (χ0v) is 14.6. The summed E-state index contributed by atoms with van der Waals surface area (Å²) in [5.74, 6) is -0.0503. The monoisotopic (exact) mass is 312 g/mol. The average molecular weight is 312 g/mol. The molecule has 0 aliphatic carbocycles. The Morgan fingerprint density at radius 1 is 1.14 bits per heavy atom. The van der Waals surface area contributed by atoms with Gasteiger partial charge in [0.2, 0.25) is 5.91 Å². The van der Waals surface area contributed by atoms with Crippen molar-refractivity contribution in [1.29, 1.82) is 0 Å². The molecule has 22 heavy (non-hydrogen) atoms. The first-order valence-electron chi connectivity index (χ1n) is 8.62. The lowest BCUT2D eigenvalue weighted by molar-refractivity contribution is -0.130. The summed E-state index contributed by atoms with van der Waals surface area (Å²) in [7, 11) is 0. The van der Waals surface area contributed by atoms with Crippen molar-refractivity contribution in [2.45, 2.75) is 84.3 Å². The quantitative estimate of drug-likeness (QED) is 0.698. The number of likely N-dealkylation sites (tertiary alicyclic amines) is 1. The third-order valence-electron chi connectivity index (χ3n) is 3.78. The number of ether oxygens (including phenoxy) is 1. The molecule has 1 heterocycles. The van der Waals surface area contributed by atoms with Crippen LogP contribution in [0, 0.1) is 0 Å². The number of rotatable bonds is 8. The van der Waals surface area contributed by atoms with Crippen LogP contribution in [0.3, 0.4) is 0 Å². The zero-order chi connectivity index (χ0) is 16.6. The minimum Gasteiger partial charge on any atom is -0.444 e. The summed E-state index contributed by atoms with van der Waals surface area (Å²) in [5, 5.41) is 2.93. The van der Waals surface area contributed by atoms with Crippen LogP contribution in [0.5, 0.6) is 0 Å². The van der Waals surface area contributed by atoms with Crippen molar-refractivity contribution >= 4 is 12.0 Å². The Labute approximate surface area is 134 Å². The average Bonchev–Trinajstić information content (AvgIpc) is 2.34. The first kappa shape index (κ1) is 18.8. The van der Waals surface area contributed by atoms with E-state index in [0.717, 1.165) is 19.3 Å². The van der Waals surface area contributed by atoms with Crippen molar-refractivity contribution in [1.82, 2.24) is 10.2 Å². The molecule has 128 valence electrons. The van der Waals surface area contributed by atoms with Crippen molar-refractivity contribution in [3.8, 4) is 0 Å². The molecule has 5 nitrogen and oxygen atoms in total. The minimum absolute atomic E-state index is 0.0503. The van der Waals surface area contributed by atoms with E-state index in [1.54, 1.807) is 0 Å². The van der Waals surface area contributed by atoms with E-state index in [9.17, 15) is 9.59 Å². The van der Waals surface area contributed by atoms with E-state index >= 15 is 0 Å². The van der Waals surface area contributed by atoms with Crippen LogP contribution in [-0.2, 0) is 9.53 Å². The molecule has 0 aromatic carbocycles. The van der Waals surface area contributed by atoms with Crippen molar-refractivity contribution < 1.29 is 14.3 Å². The second-order valence-corrected chi connectivity index (χ2v) is 7.04. The second kappa shape index (κ2) is 9.01. The van der Waals surface area contributed by atoms with Gasteiger partial charge in [-0.2, -0.15) is 0 Å². The fraction of sp³-hybridized carbons (Fsp3) is 0.882. The fourth-order valence-electron chi connectivity index (χ4n) is 2.43.